The molecule has 1 rings (SSSR count). The predicted molar refractivity (Wildman–Crippen MR) is 78.0 cm³/mol. The standard InChI is InChI=1S/C15H30N2O/c1-6-17(10-12(2)3)11-15-8-7-14(18-15)9-16-13(4)5/h13-16H,2,6-11H2,1,3-5H3. The number of nitrogens with one attached hydrogen (secondary N) is 1. The largest absolute Gasteiger partial charge is 0.372 e. The summed E-state index contributed by atoms with van der Waals surface area (Å²) in [7, 11) is 0. The second-order valence-electron chi connectivity index (χ2n) is 5.81. The number of hydrogen-bond donors (Lipinski definition) is 1. The van der Waals surface area contributed by atoms with E-state index in [1.54, 1.807) is 0 Å². The van der Waals surface area contributed by atoms with Crippen LogP contribution in [0.1, 0.15) is 40.5 Å². The molecule has 0 aromatic rings. The van der Waals surface area contributed by atoms with Crippen LogP contribution in [0.3, 0.4) is 0 Å². The highest BCUT2D eigenvalue weighted by Crippen LogP contribution is 2.20. The molecule has 1 heterocycles. The van der Waals surface area contributed by atoms with E-state index >= 15 is 0 Å². The smallest absolute Gasteiger partial charge is 0.0707 e. The summed E-state index contributed by atoms with van der Waals surface area (Å²) in [5, 5.41) is 3.45. The molecular formula is C15H30N2O. The molecular weight excluding hydrogens is 224 g/mol. The van der Waals surface area contributed by atoms with Crippen LogP contribution in [-0.2, 0) is 4.74 Å². The molecule has 1 aliphatic rings. The van der Waals surface area contributed by atoms with Crippen molar-refractivity contribution < 1.29 is 4.74 Å². The summed E-state index contributed by atoms with van der Waals surface area (Å²) in [5.74, 6) is 0. The van der Waals surface area contributed by atoms with Gasteiger partial charge in [0, 0.05) is 25.7 Å². The highest BCUT2D eigenvalue weighted by atomic mass is 16.5. The molecule has 106 valence electrons. The van der Waals surface area contributed by atoms with E-state index in [-0.39, 0.29) is 0 Å². The summed E-state index contributed by atoms with van der Waals surface area (Å²) in [6.45, 7) is 16.7. The third-order valence-corrected chi connectivity index (χ3v) is 3.35. The van der Waals surface area contributed by atoms with E-state index in [4.69, 9.17) is 4.74 Å². The fourth-order valence-electron chi connectivity index (χ4n) is 2.41. The second kappa shape index (κ2) is 7.93. The second-order valence-corrected chi connectivity index (χ2v) is 5.81. The van der Waals surface area contributed by atoms with Crippen LogP contribution in [0.15, 0.2) is 12.2 Å². The lowest BCUT2D eigenvalue weighted by Crippen LogP contribution is -2.35. The lowest BCUT2D eigenvalue weighted by molar-refractivity contribution is 0.0251. The van der Waals surface area contributed by atoms with Crippen molar-refractivity contribution >= 4 is 0 Å². The van der Waals surface area contributed by atoms with Crippen molar-refractivity contribution in [2.75, 3.05) is 26.2 Å². The average Bonchev–Trinajstić information content (AvgIpc) is 2.72. The van der Waals surface area contributed by atoms with Gasteiger partial charge in [0.25, 0.3) is 0 Å². The zero-order valence-electron chi connectivity index (χ0n) is 12.5. The summed E-state index contributed by atoms with van der Waals surface area (Å²) in [4.78, 5) is 2.42. The minimum absolute atomic E-state index is 0.404. The lowest BCUT2D eigenvalue weighted by Gasteiger charge is -2.24. The van der Waals surface area contributed by atoms with Gasteiger partial charge in [0.15, 0.2) is 0 Å². The zero-order valence-corrected chi connectivity index (χ0v) is 12.5. The van der Waals surface area contributed by atoms with Crippen LogP contribution in [0, 0.1) is 0 Å². The molecule has 0 saturated carbocycles. The van der Waals surface area contributed by atoms with Gasteiger partial charge < -0.3 is 10.1 Å². The molecule has 0 aromatic heterocycles. The molecule has 3 heteroatoms. The van der Waals surface area contributed by atoms with Gasteiger partial charge in [-0.15, -0.1) is 0 Å². The maximum absolute atomic E-state index is 6.09. The Balaban J connectivity index is 2.26. The Morgan fingerprint density at radius 1 is 1.39 bits per heavy atom. The number of likely N-dealkylation sites (N-methyl/N-ethyl adjacent to an activating group) is 1. The van der Waals surface area contributed by atoms with E-state index in [0.29, 0.717) is 18.2 Å². The first-order valence-corrected chi connectivity index (χ1v) is 7.26. The number of hydrogen-bond acceptors (Lipinski definition) is 3. The van der Waals surface area contributed by atoms with Crippen LogP contribution in [0.4, 0.5) is 0 Å². The van der Waals surface area contributed by atoms with Crippen LogP contribution in [0.25, 0.3) is 0 Å². The van der Waals surface area contributed by atoms with Crippen molar-refractivity contribution in [3.63, 3.8) is 0 Å². The highest BCUT2D eigenvalue weighted by molar-refractivity contribution is 4.92. The first kappa shape index (κ1) is 15.7. The monoisotopic (exact) mass is 254 g/mol. The summed E-state index contributed by atoms with van der Waals surface area (Å²) in [6.07, 6.45) is 3.19. The van der Waals surface area contributed by atoms with Crippen LogP contribution >= 0.6 is 0 Å². The molecule has 2 atom stereocenters. The third kappa shape index (κ3) is 5.98. The maximum atomic E-state index is 6.09. The van der Waals surface area contributed by atoms with Crippen LogP contribution in [0.5, 0.6) is 0 Å². The van der Waals surface area contributed by atoms with E-state index in [2.05, 4.69) is 44.5 Å². The van der Waals surface area contributed by atoms with Crippen molar-refractivity contribution in [3.8, 4) is 0 Å². The van der Waals surface area contributed by atoms with E-state index < -0.39 is 0 Å². The number of nitrogens with zero attached hydrogens (tertiary/aromatic N) is 1. The van der Waals surface area contributed by atoms with Crippen LogP contribution < -0.4 is 5.32 Å². The van der Waals surface area contributed by atoms with Crippen molar-refractivity contribution in [2.24, 2.45) is 0 Å². The summed E-state index contributed by atoms with van der Waals surface area (Å²) in [5.41, 5.74) is 1.23. The molecule has 1 N–H and O–H groups in total. The molecule has 1 saturated heterocycles. The summed E-state index contributed by atoms with van der Waals surface area (Å²) >= 11 is 0. The minimum Gasteiger partial charge on any atom is -0.372 e. The molecule has 0 aliphatic carbocycles. The van der Waals surface area contributed by atoms with Crippen molar-refractivity contribution in [3.05, 3.63) is 12.2 Å². The molecule has 1 aliphatic heterocycles. The Kier molecular flexibility index (Phi) is 6.90. The van der Waals surface area contributed by atoms with Crippen molar-refractivity contribution in [1.82, 2.24) is 10.2 Å². The van der Waals surface area contributed by atoms with E-state index in [9.17, 15) is 0 Å². The van der Waals surface area contributed by atoms with Gasteiger partial charge in [-0.25, -0.2) is 0 Å². The van der Waals surface area contributed by atoms with Gasteiger partial charge in [-0.2, -0.15) is 0 Å². The van der Waals surface area contributed by atoms with Gasteiger partial charge >= 0.3 is 0 Å². The van der Waals surface area contributed by atoms with E-state index in [0.717, 1.165) is 26.2 Å². The lowest BCUT2D eigenvalue weighted by atomic mass is 10.1. The predicted octanol–water partition coefficient (Wildman–Crippen LogP) is 2.43. The molecule has 0 bridgehead atoms. The third-order valence-electron chi connectivity index (χ3n) is 3.35. The summed E-state index contributed by atoms with van der Waals surface area (Å²) in [6, 6.07) is 0.545. The molecule has 0 radical (unpaired) electrons. The molecule has 1 fully saturated rings. The van der Waals surface area contributed by atoms with Gasteiger partial charge in [-0.1, -0.05) is 32.9 Å². The first-order chi connectivity index (χ1) is 8.51. The molecule has 0 aromatic carbocycles. The van der Waals surface area contributed by atoms with Crippen molar-refractivity contribution in [1.29, 1.82) is 0 Å². The number of rotatable bonds is 8. The fraction of sp³-hybridized carbons (Fsp3) is 0.867. The molecule has 0 amide bonds. The van der Waals surface area contributed by atoms with Crippen LogP contribution in [0.2, 0.25) is 0 Å². The Morgan fingerprint density at radius 3 is 2.61 bits per heavy atom. The molecule has 18 heavy (non-hydrogen) atoms. The van der Waals surface area contributed by atoms with Crippen molar-refractivity contribution in [2.45, 2.75) is 58.8 Å². The Labute approximate surface area is 113 Å². The minimum atomic E-state index is 0.404. The van der Waals surface area contributed by atoms with E-state index in [1.807, 2.05) is 0 Å². The van der Waals surface area contributed by atoms with Gasteiger partial charge in [-0.3, -0.25) is 4.90 Å². The SMILES string of the molecule is C=C(C)CN(CC)CC1CCC(CNC(C)C)O1. The average molecular weight is 254 g/mol. The Morgan fingerprint density at radius 2 is 2.06 bits per heavy atom. The van der Waals surface area contributed by atoms with Gasteiger partial charge in [0.2, 0.25) is 0 Å². The van der Waals surface area contributed by atoms with Gasteiger partial charge in [0.1, 0.15) is 0 Å². The van der Waals surface area contributed by atoms with Gasteiger partial charge in [0.05, 0.1) is 12.2 Å². The van der Waals surface area contributed by atoms with E-state index in [1.165, 1.54) is 18.4 Å². The number of ether oxygens (including phenoxy) is 1. The topological polar surface area (TPSA) is 24.5 Å². The van der Waals surface area contributed by atoms with Crippen LogP contribution in [-0.4, -0.2) is 49.3 Å². The Bertz CT molecular complexity index is 253. The highest BCUT2D eigenvalue weighted by Gasteiger charge is 2.26. The van der Waals surface area contributed by atoms with Gasteiger partial charge in [-0.05, 0) is 26.3 Å². The molecule has 3 nitrogen and oxygen atoms in total. The molecule has 2 unspecified atom stereocenters. The quantitative estimate of drug-likeness (QED) is 0.673. The molecule has 0 spiro atoms. The maximum Gasteiger partial charge on any atom is 0.0707 e. The first-order valence-electron chi connectivity index (χ1n) is 7.26. The Hall–Kier alpha value is -0.380. The normalized spacial score (nSPS) is 24.1. The summed E-state index contributed by atoms with van der Waals surface area (Å²) < 4.78 is 6.09. The zero-order chi connectivity index (χ0) is 13.5. The fourth-order valence-corrected chi connectivity index (χ4v) is 2.41.